The molecule has 1 unspecified atom stereocenters. The Labute approximate surface area is 116 Å². The molecule has 0 aromatic carbocycles. The first-order valence-electron chi connectivity index (χ1n) is 6.00. The summed E-state index contributed by atoms with van der Waals surface area (Å²) in [5.74, 6) is -0.595. The molecule has 1 heterocycles. The summed E-state index contributed by atoms with van der Waals surface area (Å²) in [6, 6.07) is -0.616. The van der Waals surface area contributed by atoms with Gasteiger partial charge in [0.05, 0.1) is 0 Å². The molecule has 6 nitrogen and oxygen atoms in total. The van der Waals surface area contributed by atoms with E-state index in [1.807, 2.05) is 20.8 Å². The highest BCUT2D eigenvalue weighted by Crippen LogP contribution is 2.09. The van der Waals surface area contributed by atoms with Crippen LogP contribution in [0, 0.1) is 0 Å². The number of nitrogens with one attached hydrogen (secondary N) is 2. The van der Waals surface area contributed by atoms with Gasteiger partial charge in [0.2, 0.25) is 5.91 Å². The number of aromatic nitrogens is 1. The second-order valence-corrected chi connectivity index (χ2v) is 6.21. The second kappa shape index (κ2) is 6.12. The maximum Gasteiger partial charge on any atom is 0.271 e. The van der Waals surface area contributed by atoms with Gasteiger partial charge in [0.25, 0.3) is 5.91 Å². The van der Waals surface area contributed by atoms with E-state index in [9.17, 15) is 9.59 Å². The average Bonchev–Trinajstić information content (AvgIpc) is 2.75. The highest BCUT2D eigenvalue weighted by atomic mass is 32.1. The molecule has 1 aromatic heterocycles. The lowest BCUT2D eigenvalue weighted by Crippen LogP contribution is -2.50. The van der Waals surface area contributed by atoms with Crippen LogP contribution in [-0.4, -0.2) is 28.4 Å². The molecule has 0 aliphatic heterocycles. The molecule has 4 N–H and O–H groups in total. The molecule has 1 atom stereocenters. The average molecular weight is 284 g/mol. The SMILES string of the molecule is CC(NC(=O)c1csc(CN)n1)C(=O)NC(C)(C)C. The van der Waals surface area contributed by atoms with Gasteiger partial charge in [-0.15, -0.1) is 11.3 Å². The predicted molar refractivity (Wildman–Crippen MR) is 74.8 cm³/mol. The summed E-state index contributed by atoms with van der Waals surface area (Å²) >= 11 is 1.33. The third-order valence-corrected chi connectivity index (χ3v) is 3.07. The minimum atomic E-state index is -0.616. The first kappa shape index (κ1) is 15.6. The number of nitrogens with two attached hydrogens (primary N) is 1. The molecule has 0 aliphatic carbocycles. The van der Waals surface area contributed by atoms with Crippen molar-refractivity contribution in [3.8, 4) is 0 Å². The van der Waals surface area contributed by atoms with E-state index in [0.29, 0.717) is 17.2 Å². The number of nitrogens with zero attached hydrogens (tertiary/aromatic N) is 1. The third kappa shape index (κ3) is 4.96. The minimum absolute atomic E-state index is 0.227. The first-order valence-corrected chi connectivity index (χ1v) is 6.88. The molecule has 19 heavy (non-hydrogen) atoms. The van der Waals surface area contributed by atoms with E-state index in [1.54, 1.807) is 12.3 Å². The number of hydrogen-bond acceptors (Lipinski definition) is 5. The molecule has 0 aliphatic rings. The monoisotopic (exact) mass is 284 g/mol. The topological polar surface area (TPSA) is 97.1 Å². The summed E-state index contributed by atoms with van der Waals surface area (Å²) in [5.41, 5.74) is 5.40. The summed E-state index contributed by atoms with van der Waals surface area (Å²) in [4.78, 5) is 27.8. The minimum Gasteiger partial charge on any atom is -0.350 e. The molecule has 1 rings (SSSR count). The zero-order valence-corrected chi connectivity index (χ0v) is 12.4. The van der Waals surface area contributed by atoms with Gasteiger partial charge in [0.1, 0.15) is 16.7 Å². The Morgan fingerprint density at radius 3 is 2.58 bits per heavy atom. The molecule has 2 amide bonds. The quantitative estimate of drug-likeness (QED) is 0.755. The van der Waals surface area contributed by atoms with E-state index in [0.717, 1.165) is 0 Å². The fourth-order valence-corrected chi connectivity index (χ4v) is 1.98. The van der Waals surface area contributed by atoms with Crippen molar-refractivity contribution < 1.29 is 9.59 Å². The van der Waals surface area contributed by atoms with Crippen LogP contribution in [0.3, 0.4) is 0 Å². The first-order chi connectivity index (χ1) is 8.73. The molecular formula is C12H20N4O2S. The largest absolute Gasteiger partial charge is 0.350 e. The van der Waals surface area contributed by atoms with Crippen molar-refractivity contribution in [3.63, 3.8) is 0 Å². The van der Waals surface area contributed by atoms with Crippen LogP contribution in [0.15, 0.2) is 5.38 Å². The Kier molecular flexibility index (Phi) is 5.02. The van der Waals surface area contributed by atoms with Gasteiger partial charge in [-0.05, 0) is 27.7 Å². The fraction of sp³-hybridized carbons (Fsp3) is 0.583. The molecule has 0 saturated carbocycles. The molecular weight excluding hydrogens is 264 g/mol. The van der Waals surface area contributed by atoms with Crippen molar-refractivity contribution >= 4 is 23.2 Å². The van der Waals surface area contributed by atoms with Gasteiger partial charge in [-0.2, -0.15) is 0 Å². The molecule has 0 bridgehead atoms. The van der Waals surface area contributed by atoms with Gasteiger partial charge < -0.3 is 16.4 Å². The van der Waals surface area contributed by atoms with Crippen LogP contribution < -0.4 is 16.4 Å². The van der Waals surface area contributed by atoms with Crippen molar-refractivity contribution in [1.29, 1.82) is 0 Å². The number of thiazole rings is 1. The van der Waals surface area contributed by atoms with E-state index in [1.165, 1.54) is 11.3 Å². The summed E-state index contributed by atoms with van der Waals surface area (Å²) in [6.07, 6.45) is 0. The van der Waals surface area contributed by atoms with E-state index in [2.05, 4.69) is 15.6 Å². The molecule has 1 aromatic rings. The standard InChI is InChI=1S/C12H20N4O2S/c1-7(10(17)16-12(2,3)4)14-11(18)8-6-19-9(5-13)15-8/h6-7H,5,13H2,1-4H3,(H,14,18)(H,16,17). The van der Waals surface area contributed by atoms with Crippen LogP contribution in [0.1, 0.15) is 43.2 Å². The van der Waals surface area contributed by atoms with E-state index in [4.69, 9.17) is 5.73 Å². The van der Waals surface area contributed by atoms with Crippen LogP contribution in [0.5, 0.6) is 0 Å². The van der Waals surface area contributed by atoms with Gasteiger partial charge in [-0.25, -0.2) is 4.98 Å². The van der Waals surface area contributed by atoms with Crippen molar-refractivity contribution in [1.82, 2.24) is 15.6 Å². The van der Waals surface area contributed by atoms with Gasteiger partial charge in [-0.1, -0.05) is 0 Å². The van der Waals surface area contributed by atoms with Crippen molar-refractivity contribution in [2.45, 2.75) is 45.8 Å². The third-order valence-electron chi connectivity index (χ3n) is 2.20. The van der Waals surface area contributed by atoms with E-state index < -0.39 is 6.04 Å². The maximum absolute atomic E-state index is 11.9. The zero-order chi connectivity index (χ0) is 14.6. The molecule has 0 spiro atoms. The molecule has 0 fully saturated rings. The number of rotatable bonds is 4. The Morgan fingerprint density at radius 2 is 2.11 bits per heavy atom. The van der Waals surface area contributed by atoms with Crippen LogP contribution in [-0.2, 0) is 11.3 Å². The number of carbonyl (C=O) groups is 2. The number of carbonyl (C=O) groups excluding carboxylic acids is 2. The maximum atomic E-state index is 11.9. The number of amides is 2. The normalized spacial score (nSPS) is 12.9. The van der Waals surface area contributed by atoms with Crippen LogP contribution in [0.2, 0.25) is 0 Å². The lowest BCUT2D eigenvalue weighted by Gasteiger charge is -2.23. The van der Waals surface area contributed by atoms with Gasteiger partial charge in [0.15, 0.2) is 0 Å². The molecule has 0 radical (unpaired) electrons. The van der Waals surface area contributed by atoms with E-state index in [-0.39, 0.29) is 17.4 Å². The van der Waals surface area contributed by atoms with Gasteiger partial charge >= 0.3 is 0 Å². The second-order valence-electron chi connectivity index (χ2n) is 5.27. The lowest BCUT2D eigenvalue weighted by atomic mass is 10.1. The number of hydrogen-bond donors (Lipinski definition) is 3. The fourth-order valence-electron chi connectivity index (χ4n) is 1.32. The lowest BCUT2D eigenvalue weighted by molar-refractivity contribution is -0.124. The summed E-state index contributed by atoms with van der Waals surface area (Å²) < 4.78 is 0. The Bertz CT molecular complexity index is 465. The van der Waals surface area contributed by atoms with E-state index >= 15 is 0 Å². The Hall–Kier alpha value is -1.47. The van der Waals surface area contributed by atoms with Crippen LogP contribution in [0.4, 0.5) is 0 Å². The predicted octanol–water partition coefficient (Wildman–Crippen LogP) is 0.635. The summed E-state index contributed by atoms with van der Waals surface area (Å²) in [6.45, 7) is 7.58. The summed E-state index contributed by atoms with van der Waals surface area (Å²) in [7, 11) is 0. The Balaban J connectivity index is 2.59. The van der Waals surface area contributed by atoms with Crippen molar-refractivity contribution in [2.24, 2.45) is 5.73 Å². The van der Waals surface area contributed by atoms with Crippen LogP contribution in [0.25, 0.3) is 0 Å². The van der Waals surface area contributed by atoms with Crippen molar-refractivity contribution in [2.75, 3.05) is 0 Å². The highest BCUT2D eigenvalue weighted by Gasteiger charge is 2.21. The van der Waals surface area contributed by atoms with Gasteiger partial charge in [0, 0.05) is 17.5 Å². The van der Waals surface area contributed by atoms with Crippen molar-refractivity contribution in [3.05, 3.63) is 16.1 Å². The molecule has 106 valence electrons. The van der Waals surface area contributed by atoms with Gasteiger partial charge in [-0.3, -0.25) is 9.59 Å². The highest BCUT2D eigenvalue weighted by molar-refractivity contribution is 7.09. The smallest absolute Gasteiger partial charge is 0.271 e. The zero-order valence-electron chi connectivity index (χ0n) is 11.6. The summed E-state index contributed by atoms with van der Waals surface area (Å²) in [5, 5.41) is 7.73. The molecule has 7 heteroatoms. The van der Waals surface area contributed by atoms with Crippen LogP contribution >= 0.6 is 11.3 Å². The molecule has 0 saturated heterocycles. The Morgan fingerprint density at radius 1 is 1.47 bits per heavy atom.